The second-order valence-electron chi connectivity index (χ2n) is 27.5. The zero-order valence-corrected chi connectivity index (χ0v) is 55.4. The van der Waals surface area contributed by atoms with Crippen molar-refractivity contribution in [2.24, 2.45) is 0 Å². The van der Waals surface area contributed by atoms with E-state index in [1.807, 2.05) is 0 Å². The van der Waals surface area contributed by atoms with Crippen LogP contribution < -0.4 is 0 Å². The lowest BCUT2D eigenvalue weighted by atomic mass is 10.2. The largest absolute Gasteiger partial charge is 0.475 e. The van der Waals surface area contributed by atoms with Crippen molar-refractivity contribution in [1.82, 2.24) is 0 Å². The first-order valence-corrected chi connectivity index (χ1v) is 52.3. The standard InChI is InChI=1S/C13H36O3Si4.C11H30O2Si3.C9H24OSi2.C7H18Si.5CH4/c1-13(2,3)20(14-17(4,5)6,15-18(7,8)9)16-19(10,11)12;1-11(2,3)16(10,12-14(4,5)6)13-15(7,8)9;1-9(2,3)12(7,8)10-11(4,5)6;1-7(2,3)8(4,5)6;;;;;/h1-12H3;1-10H3;1-8H3;1-6H3;5*1H4. The predicted octanol–water partition coefficient (Wildman–Crippen LogP) is 20.0. The van der Waals surface area contributed by atoms with Crippen molar-refractivity contribution in [1.29, 1.82) is 0 Å². The SMILES string of the molecule is C.C.C.C.C.CC(C)(C)[Si](C)(C)C.CC(C)(C)[Si](C)(C)O[Si](C)(C)C.CC(C)(C)[Si](C)(O[Si](C)(C)C)O[Si](C)(C)C.CC(C)(C)[Si](O[Si](C)(C)C)(O[Si](C)(C)C)O[Si](C)(C)C. The number of hydrogen-bond donors (Lipinski definition) is 0. The molecule has 384 valence electrons. The van der Waals surface area contributed by atoms with Gasteiger partial charge >= 0.3 is 17.4 Å². The minimum atomic E-state index is -2.72. The van der Waals surface area contributed by atoms with Crippen LogP contribution in [0.1, 0.15) is 120 Å². The first kappa shape index (κ1) is 83.0. The van der Waals surface area contributed by atoms with Crippen molar-refractivity contribution in [2.75, 3.05) is 0 Å². The fraction of sp³-hybridized carbons (Fsp3) is 1.00. The third-order valence-electron chi connectivity index (χ3n) is 9.22. The van der Waals surface area contributed by atoms with E-state index in [4.69, 9.17) is 24.7 Å². The van der Waals surface area contributed by atoms with Gasteiger partial charge in [-0.15, -0.1) is 0 Å². The summed E-state index contributed by atoms with van der Waals surface area (Å²) in [6.45, 7) is 81.7. The maximum atomic E-state index is 6.64. The van der Waals surface area contributed by atoms with Crippen molar-refractivity contribution < 1.29 is 24.7 Å². The van der Waals surface area contributed by atoms with Crippen LogP contribution in [0.25, 0.3) is 0 Å². The summed E-state index contributed by atoms with van der Waals surface area (Å²) in [6.07, 6.45) is 0. The van der Waals surface area contributed by atoms with Gasteiger partial charge in [0, 0.05) is 18.2 Å². The van der Waals surface area contributed by atoms with Crippen molar-refractivity contribution in [3.8, 4) is 0 Å². The van der Waals surface area contributed by atoms with Crippen LogP contribution in [-0.2, 0) is 24.7 Å². The highest BCUT2D eigenvalue weighted by Gasteiger charge is 2.58. The van der Waals surface area contributed by atoms with E-state index >= 15 is 0 Å². The lowest BCUT2D eigenvalue weighted by Gasteiger charge is -2.49. The Bertz CT molecular complexity index is 1050. The van der Waals surface area contributed by atoms with Gasteiger partial charge in [-0.25, -0.2) is 0 Å². The third kappa shape index (κ3) is 40.7. The molecule has 0 amide bonds. The Hall–Kier alpha value is 1.93. The van der Waals surface area contributed by atoms with Crippen LogP contribution in [0.2, 0.25) is 177 Å². The van der Waals surface area contributed by atoms with Gasteiger partial charge in [0.05, 0.1) is 0 Å². The summed E-state index contributed by atoms with van der Waals surface area (Å²) >= 11 is 0. The van der Waals surface area contributed by atoms with Crippen LogP contribution in [0, 0.1) is 0 Å². The topological polar surface area (TPSA) is 55.4 Å². The van der Waals surface area contributed by atoms with Gasteiger partial charge in [0.2, 0.25) is 0 Å². The fourth-order valence-electron chi connectivity index (χ4n) is 4.15. The van der Waals surface area contributed by atoms with Gasteiger partial charge in [-0.1, -0.05) is 140 Å². The normalized spacial score (nSPS) is 14.0. The van der Waals surface area contributed by atoms with E-state index in [0.29, 0.717) is 10.1 Å². The van der Waals surface area contributed by atoms with E-state index < -0.39 is 83.7 Å². The molecule has 0 saturated heterocycles. The Balaban J connectivity index is -0.0000000857. The van der Waals surface area contributed by atoms with Crippen LogP contribution in [0.3, 0.4) is 0 Å². The molecule has 0 aliphatic heterocycles. The van der Waals surface area contributed by atoms with E-state index in [1.165, 1.54) is 0 Å². The van der Waals surface area contributed by atoms with E-state index in [1.54, 1.807) is 0 Å². The lowest BCUT2D eigenvalue weighted by molar-refractivity contribution is 0.216. The van der Waals surface area contributed by atoms with Gasteiger partial charge in [0.15, 0.2) is 58.2 Å². The van der Waals surface area contributed by atoms with E-state index in [9.17, 15) is 0 Å². The average Bonchev–Trinajstić information content (AvgIpc) is 2.68. The highest BCUT2D eigenvalue weighted by atomic mass is 28.5. The van der Waals surface area contributed by atoms with Gasteiger partial charge in [0.25, 0.3) is 0 Å². The zero-order valence-electron chi connectivity index (χ0n) is 45.4. The van der Waals surface area contributed by atoms with Crippen LogP contribution in [0.15, 0.2) is 0 Å². The monoisotopic (exact) mass is 1040 g/mol. The Labute approximate surface area is 403 Å². The Morgan fingerprint density at radius 2 is 0.410 bits per heavy atom. The molecule has 0 radical (unpaired) electrons. The van der Waals surface area contributed by atoms with Crippen molar-refractivity contribution >= 4 is 83.7 Å². The van der Waals surface area contributed by atoms with Crippen LogP contribution in [0.4, 0.5) is 0 Å². The molecule has 0 rings (SSSR count). The summed E-state index contributed by atoms with van der Waals surface area (Å²) in [7, 11) is -16.8. The molecule has 61 heavy (non-hydrogen) atoms. The first-order valence-electron chi connectivity index (χ1n) is 21.4. The number of rotatable bonds is 12. The number of hydrogen-bond acceptors (Lipinski definition) is 6. The molecule has 0 fully saturated rings. The molecular formula is C45H128O6Si10. The maximum Gasteiger partial charge on any atom is 0.475 e. The summed E-state index contributed by atoms with van der Waals surface area (Å²) in [5, 5.41) is 0.974. The van der Waals surface area contributed by atoms with Crippen molar-refractivity contribution in [3.63, 3.8) is 0 Å². The van der Waals surface area contributed by atoms with Crippen molar-refractivity contribution in [2.45, 2.75) is 297 Å². The summed E-state index contributed by atoms with van der Waals surface area (Å²) in [6, 6.07) is 0. The predicted molar refractivity (Wildman–Crippen MR) is 317 cm³/mol. The maximum absolute atomic E-state index is 6.64. The minimum absolute atomic E-state index is 0. The molecule has 0 spiro atoms. The Morgan fingerprint density at radius 3 is 0.492 bits per heavy atom. The van der Waals surface area contributed by atoms with E-state index in [2.05, 4.69) is 240 Å². The molecule has 0 aliphatic rings. The summed E-state index contributed by atoms with van der Waals surface area (Å²) in [5.41, 5.74) is 0. The first-order chi connectivity index (χ1) is 23.2. The minimum Gasteiger partial charge on any atom is -0.455 e. The molecule has 0 aromatic heterocycles. The van der Waals surface area contributed by atoms with Crippen LogP contribution >= 0.6 is 0 Å². The molecule has 6 nitrogen and oxygen atoms in total. The summed E-state index contributed by atoms with van der Waals surface area (Å²) in [5.74, 6) is 0. The van der Waals surface area contributed by atoms with Gasteiger partial charge in [-0.05, 0) is 148 Å². The highest BCUT2D eigenvalue weighted by Crippen LogP contribution is 2.44. The van der Waals surface area contributed by atoms with Gasteiger partial charge in [-0.3, -0.25) is 0 Å². The molecule has 0 heterocycles. The lowest BCUT2D eigenvalue weighted by Crippen LogP contribution is -2.65. The summed E-state index contributed by atoms with van der Waals surface area (Å²) < 4.78 is 39.1. The molecule has 0 aromatic carbocycles. The Kier molecular flexibility index (Phi) is 37.0. The van der Waals surface area contributed by atoms with E-state index in [0.717, 1.165) is 0 Å². The molecule has 0 aromatic rings. The molecule has 0 N–H and O–H groups in total. The van der Waals surface area contributed by atoms with Gasteiger partial charge in [-0.2, -0.15) is 0 Å². The molecule has 0 saturated carbocycles. The third-order valence-corrected chi connectivity index (χ3v) is 45.0. The molecule has 0 bridgehead atoms. The second-order valence-corrected chi connectivity index (χ2v) is 74.3. The zero-order chi connectivity index (χ0) is 47.2. The molecule has 0 aliphatic carbocycles. The average molecular weight is 1050 g/mol. The highest BCUT2D eigenvalue weighted by molar-refractivity contribution is 6.91. The molecule has 0 unspecified atom stereocenters. The summed E-state index contributed by atoms with van der Waals surface area (Å²) in [4.78, 5) is 0. The fourth-order valence-corrected chi connectivity index (χ4v) is 38.8. The van der Waals surface area contributed by atoms with E-state index in [-0.39, 0.29) is 47.2 Å². The smallest absolute Gasteiger partial charge is 0.455 e. The quantitative estimate of drug-likeness (QED) is 0.182. The molecule has 0 atom stereocenters. The van der Waals surface area contributed by atoms with Gasteiger partial charge in [0.1, 0.15) is 0 Å². The van der Waals surface area contributed by atoms with Crippen LogP contribution in [-0.4, -0.2) is 83.7 Å². The molecule has 16 heteroatoms. The van der Waals surface area contributed by atoms with Gasteiger partial charge < -0.3 is 24.7 Å². The second kappa shape index (κ2) is 27.2. The molecular weight excluding hydrogens is 917 g/mol. The van der Waals surface area contributed by atoms with Crippen LogP contribution in [0.5, 0.6) is 0 Å². The van der Waals surface area contributed by atoms with Crippen molar-refractivity contribution in [3.05, 3.63) is 0 Å². The Morgan fingerprint density at radius 1 is 0.230 bits per heavy atom.